The lowest BCUT2D eigenvalue weighted by molar-refractivity contribution is 0.0921. The van der Waals surface area contributed by atoms with E-state index in [4.69, 9.17) is 4.74 Å². The van der Waals surface area contributed by atoms with E-state index in [1.54, 1.807) is 0 Å². The summed E-state index contributed by atoms with van der Waals surface area (Å²) in [5.74, 6) is 0. The summed E-state index contributed by atoms with van der Waals surface area (Å²) in [6, 6.07) is 9.61. The normalized spacial score (nSPS) is 18.2. The summed E-state index contributed by atoms with van der Waals surface area (Å²) in [5.41, 5.74) is 0.627. The molecule has 5 heteroatoms. The molecule has 0 saturated carbocycles. The summed E-state index contributed by atoms with van der Waals surface area (Å²) in [6.07, 6.45) is 1.84. The van der Waals surface area contributed by atoms with Gasteiger partial charge in [0, 0.05) is 25.2 Å². The highest BCUT2D eigenvalue weighted by Gasteiger charge is 2.35. The minimum absolute atomic E-state index is 0.0721. The summed E-state index contributed by atoms with van der Waals surface area (Å²) < 4.78 is 5.28. The van der Waals surface area contributed by atoms with Crippen LogP contribution in [0.25, 0.3) is 0 Å². The fourth-order valence-corrected chi connectivity index (χ4v) is 2.67. The lowest BCUT2D eigenvalue weighted by Crippen LogP contribution is -2.55. The van der Waals surface area contributed by atoms with E-state index in [2.05, 4.69) is 17.3 Å². The third kappa shape index (κ3) is 4.72. The van der Waals surface area contributed by atoms with Crippen LogP contribution in [0.15, 0.2) is 30.3 Å². The number of likely N-dealkylation sites (tertiary alicyclic amines) is 1. The second kappa shape index (κ2) is 7.43. The van der Waals surface area contributed by atoms with E-state index in [1.165, 1.54) is 0 Å². The molecule has 1 fully saturated rings. The molecule has 1 aromatic carbocycles. The highest BCUT2D eigenvalue weighted by atomic mass is 16.5. The summed E-state index contributed by atoms with van der Waals surface area (Å²) >= 11 is 0. The number of hydrogen-bond acceptors (Lipinski definition) is 4. The smallest absolute Gasteiger partial charge is 0.407 e. The van der Waals surface area contributed by atoms with Crippen molar-refractivity contribution in [1.29, 1.82) is 0 Å². The first kappa shape index (κ1) is 15.8. The van der Waals surface area contributed by atoms with Crippen LogP contribution in [0.2, 0.25) is 0 Å². The maximum absolute atomic E-state index is 12.0. The zero-order chi connectivity index (χ0) is 15.1. The van der Waals surface area contributed by atoms with Gasteiger partial charge >= 0.3 is 6.09 Å². The van der Waals surface area contributed by atoms with Crippen LogP contribution in [0, 0.1) is 0 Å². The summed E-state index contributed by atoms with van der Waals surface area (Å²) in [6.45, 7) is 2.17. The van der Waals surface area contributed by atoms with E-state index in [9.17, 15) is 9.90 Å². The summed E-state index contributed by atoms with van der Waals surface area (Å²) in [5, 5.41) is 12.2. The average molecular weight is 292 g/mol. The van der Waals surface area contributed by atoms with E-state index < -0.39 is 6.09 Å². The molecule has 2 rings (SSSR count). The van der Waals surface area contributed by atoms with E-state index in [0.717, 1.165) is 31.5 Å². The van der Waals surface area contributed by atoms with E-state index in [1.807, 2.05) is 30.3 Å². The van der Waals surface area contributed by atoms with E-state index in [-0.39, 0.29) is 18.8 Å². The molecular formula is C16H24N2O3. The van der Waals surface area contributed by atoms with Gasteiger partial charge in [0.25, 0.3) is 0 Å². The maximum Gasteiger partial charge on any atom is 0.407 e. The number of nitrogens with one attached hydrogen (secondary N) is 1. The molecule has 0 radical (unpaired) electrons. The summed E-state index contributed by atoms with van der Waals surface area (Å²) in [7, 11) is 2.07. The first-order chi connectivity index (χ1) is 10.1. The lowest BCUT2D eigenvalue weighted by atomic mass is 9.85. The highest BCUT2D eigenvalue weighted by Crippen LogP contribution is 2.25. The van der Waals surface area contributed by atoms with Gasteiger partial charge in [0.1, 0.15) is 6.61 Å². The Labute approximate surface area is 125 Å². The number of nitrogens with zero attached hydrogens (tertiary/aromatic N) is 1. The van der Waals surface area contributed by atoms with E-state index >= 15 is 0 Å². The highest BCUT2D eigenvalue weighted by molar-refractivity contribution is 5.68. The van der Waals surface area contributed by atoms with Crippen molar-refractivity contribution in [3.63, 3.8) is 0 Å². The molecule has 0 aromatic heterocycles. The van der Waals surface area contributed by atoms with Gasteiger partial charge in [-0.25, -0.2) is 4.79 Å². The van der Waals surface area contributed by atoms with Crippen molar-refractivity contribution < 1.29 is 14.6 Å². The number of benzene rings is 1. The second-order valence-corrected chi connectivity index (χ2v) is 5.74. The van der Waals surface area contributed by atoms with Crippen LogP contribution < -0.4 is 5.32 Å². The molecule has 5 nitrogen and oxygen atoms in total. The van der Waals surface area contributed by atoms with E-state index in [0.29, 0.717) is 6.42 Å². The van der Waals surface area contributed by atoms with Crippen LogP contribution in [0.3, 0.4) is 0 Å². The molecule has 1 aliphatic heterocycles. The van der Waals surface area contributed by atoms with Crippen LogP contribution in [-0.2, 0) is 11.3 Å². The molecule has 0 aliphatic carbocycles. The van der Waals surface area contributed by atoms with Gasteiger partial charge in [-0.3, -0.25) is 0 Å². The Bertz CT molecular complexity index is 442. The molecule has 0 spiro atoms. The fraction of sp³-hybridized carbons (Fsp3) is 0.562. The SMILES string of the molecule is CN1CCC(CCO)(NC(=O)OCc2ccccc2)CC1. The van der Waals surface area contributed by atoms with Gasteiger partial charge in [-0.2, -0.15) is 0 Å². The topological polar surface area (TPSA) is 61.8 Å². The van der Waals surface area contributed by atoms with Crippen LogP contribution >= 0.6 is 0 Å². The van der Waals surface area contributed by atoms with Crippen LogP contribution in [0.4, 0.5) is 4.79 Å². The van der Waals surface area contributed by atoms with Crippen molar-refractivity contribution in [2.24, 2.45) is 0 Å². The lowest BCUT2D eigenvalue weighted by Gasteiger charge is -2.40. The molecule has 2 N–H and O–H groups in total. The van der Waals surface area contributed by atoms with Gasteiger partial charge in [0.2, 0.25) is 0 Å². The number of carbonyl (C=O) groups is 1. The Kier molecular flexibility index (Phi) is 5.59. The number of piperidine rings is 1. The molecule has 1 saturated heterocycles. The van der Waals surface area contributed by atoms with Gasteiger partial charge < -0.3 is 20.1 Å². The molecule has 1 aliphatic rings. The molecular weight excluding hydrogens is 268 g/mol. The fourth-order valence-electron chi connectivity index (χ4n) is 2.67. The minimum atomic E-state index is -0.406. The molecule has 0 unspecified atom stereocenters. The standard InChI is InChI=1S/C16H24N2O3/c1-18-10-7-16(8-11-18,9-12-19)17-15(20)21-13-14-5-3-2-4-6-14/h2-6,19H,7-13H2,1H3,(H,17,20). The van der Waals surface area contributed by atoms with Crippen molar-refractivity contribution in [3.05, 3.63) is 35.9 Å². The Morgan fingerprint density at radius 2 is 2.00 bits per heavy atom. The van der Waals surface area contributed by atoms with Crippen molar-refractivity contribution >= 4 is 6.09 Å². The van der Waals surface area contributed by atoms with Gasteiger partial charge in [-0.05, 0) is 31.9 Å². The maximum atomic E-state index is 12.0. The third-order valence-corrected chi connectivity index (χ3v) is 4.11. The second-order valence-electron chi connectivity index (χ2n) is 5.74. The van der Waals surface area contributed by atoms with Gasteiger partial charge in [-0.15, -0.1) is 0 Å². The number of rotatable bonds is 5. The third-order valence-electron chi connectivity index (χ3n) is 4.11. The molecule has 1 amide bonds. The van der Waals surface area contributed by atoms with Gasteiger partial charge in [-0.1, -0.05) is 30.3 Å². The Balaban J connectivity index is 1.86. The Morgan fingerprint density at radius 1 is 1.33 bits per heavy atom. The number of carbonyl (C=O) groups excluding carboxylic acids is 1. The average Bonchev–Trinajstić information content (AvgIpc) is 2.50. The number of hydrogen-bond donors (Lipinski definition) is 2. The van der Waals surface area contributed by atoms with Crippen molar-refractivity contribution in [3.8, 4) is 0 Å². The van der Waals surface area contributed by atoms with Crippen LogP contribution in [0.1, 0.15) is 24.8 Å². The zero-order valence-corrected chi connectivity index (χ0v) is 12.5. The molecule has 1 aromatic rings. The monoisotopic (exact) mass is 292 g/mol. The molecule has 1 heterocycles. The van der Waals surface area contributed by atoms with Crippen molar-refractivity contribution in [2.45, 2.75) is 31.4 Å². The largest absolute Gasteiger partial charge is 0.445 e. The number of alkyl carbamates (subject to hydrolysis) is 1. The van der Waals surface area contributed by atoms with Crippen LogP contribution in [-0.4, -0.2) is 48.4 Å². The molecule has 116 valence electrons. The first-order valence-electron chi connectivity index (χ1n) is 7.42. The number of amides is 1. The van der Waals surface area contributed by atoms with Crippen molar-refractivity contribution in [2.75, 3.05) is 26.7 Å². The van der Waals surface area contributed by atoms with Crippen molar-refractivity contribution in [1.82, 2.24) is 10.2 Å². The Hall–Kier alpha value is -1.59. The van der Waals surface area contributed by atoms with Gasteiger partial charge in [0.05, 0.1) is 0 Å². The first-order valence-corrected chi connectivity index (χ1v) is 7.42. The zero-order valence-electron chi connectivity index (χ0n) is 12.5. The summed E-state index contributed by atoms with van der Waals surface area (Å²) in [4.78, 5) is 14.2. The quantitative estimate of drug-likeness (QED) is 0.868. The Morgan fingerprint density at radius 3 is 2.62 bits per heavy atom. The predicted molar refractivity (Wildman–Crippen MR) is 80.9 cm³/mol. The molecule has 21 heavy (non-hydrogen) atoms. The molecule has 0 bridgehead atoms. The number of aliphatic hydroxyl groups excluding tert-OH is 1. The van der Waals surface area contributed by atoms with Gasteiger partial charge in [0.15, 0.2) is 0 Å². The predicted octanol–water partition coefficient (Wildman–Crippen LogP) is 1.76. The number of ether oxygens (including phenoxy) is 1. The molecule has 0 atom stereocenters. The number of aliphatic hydroxyl groups is 1. The van der Waals surface area contributed by atoms with Crippen LogP contribution in [0.5, 0.6) is 0 Å². The minimum Gasteiger partial charge on any atom is -0.445 e.